The summed E-state index contributed by atoms with van der Waals surface area (Å²) in [4.78, 5) is 4.93. The van der Waals surface area contributed by atoms with Gasteiger partial charge in [0.25, 0.3) is 0 Å². The summed E-state index contributed by atoms with van der Waals surface area (Å²) in [6, 6.07) is 30.8. The van der Waals surface area contributed by atoms with E-state index in [2.05, 4.69) is 47.1 Å². The monoisotopic (exact) mass is 386 g/mol. The summed E-state index contributed by atoms with van der Waals surface area (Å²) in [5.74, 6) is 0.0653. The Kier molecular flexibility index (Phi) is 5.98. The molecular formula is C26H30N2O. The van der Waals surface area contributed by atoms with Gasteiger partial charge in [0, 0.05) is 44.3 Å². The van der Waals surface area contributed by atoms with E-state index in [1.54, 1.807) is 0 Å². The first-order chi connectivity index (χ1) is 14.2. The van der Waals surface area contributed by atoms with Crippen LogP contribution in [0.2, 0.25) is 0 Å². The van der Waals surface area contributed by atoms with E-state index in [1.165, 1.54) is 5.69 Å². The number of para-hydroxylation sites is 1. The van der Waals surface area contributed by atoms with Crippen molar-refractivity contribution >= 4 is 5.69 Å². The zero-order valence-electron chi connectivity index (χ0n) is 17.1. The van der Waals surface area contributed by atoms with Gasteiger partial charge in [-0.15, -0.1) is 0 Å². The number of benzene rings is 3. The SMILES string of the molecule is CC(CN1CCN(c2ccccc2)CC1)C(O)(c1ccccc1)c1ccccc1. The number of rotatable bonds is 6. The number of piperazine rings is 1. The minimum absolute atomic E-state index is 0.0653. The van der Waals surface area contributed by atoms with Gasteiger partial charge in [0.1, 0.15) is 5.60 Å². The molecule has 150 valence electrons. The van der Waals surface area contributed by atoms with E-state index in [0.717, 1.165) is 43.9 Å². The zero-order valence-corrected chi connectivity index (χ0v) is 17.1. The quantitative estimate of drug-likeness (QED) is 0.681. The van der Waals surface area contributed by atoms with Crippen LogP contribution in [0.25, 0.3) is 0 Å². The summed E-state index contributed by atoms with van der Waals surface area (Å²) >= 11 is 0. The van der Waals surface area contributed by atoms with E-state index in [0.29, 0.717) is 0 Å². The van der Waals surface area contributed by atoms with Crippen LogP contribution < -0.4 is 4.90 Å². The van der Waals surface area contributed by atoms with E-state index in [9.17, 15) is 5.11 Å². The highest BCUT2D eigenvalue weighted by molar-refractivity contribution is 5.46. The Morgan fingerprint density at radius 1 is 0.724 bits per heavy atom. The highest BCUT2D eigenvalue weighted by Gasteiger charge is 2.38. The first-order valence-electron chi connectivity index (χ1n) is 10.5. The molecule has 3 nitrogen and oxygen atoms in total. The Hall–Kier alpha value is -2.62. The standard InChI is InChI=1S/C26H30N2O/c1-22(21-27-17-19-28(20-18-27)25-15-9-4-10-16-25)26(29,23-11-5-2-6-12-23)24-13-7-3-8-14-24/h2-16,22,29H,17-21H2,1H3. The van der Waals surface area contributed by atoms with Crippen LogP contribution in [-0.4, -0.2) is 42.7 Å². The fraction of sp³-hybridized carbons (Fsp3) is 0.308. The van der Waals surface area contributed by atoms with Gasteiger partial charge in [0.05, 0.1) is 0 Å². The minimum Gasteiger partial charge on any atom is -0.380 e. The molecule has 0 radical (unpaired) electrons. The maximum Gasteiger partial charge on any atom is 0.118 e. The Balaban J connectivity index is 1.49. The topological polar surface area (TPSA) is 26.7 Å². The van der Waals surface area contributed by atoms with Gasteiger partial charge in [-0.05, 0) is 23.3 Å². The summed E-state index contributed by atoms with van der Waals surface area (Å²) < 4.78 is 0. The molecular weight excluding hydrogens is 356 g/mol. The normalized spacial score (nSPS) is 16.6. The van der Waals surface area contributed by atoms with Crippen molar-refractivity contribution in [3.63, 3.8) is 0 Å². The maximum absolute atomic E-state index is 11.9. The average molecular weight is 387 g/mol. The number of anilines is 1. The van der Waals surface area contributed by atoms with E-state index in [1.807, 2.05) is 60.7 Å². The van der Waals surface area contributed by atoms with E-state index < -0.39 is 5.60 Å². The molecule has 29 heavy (non-hydrogen) atoms. The molecule has 0 aromatic heterocycles. The average Bonchev–Trinajstić information content (AvgIpc) is 2.80. The summed E-state index contributed by atoms with van der Waals surface area (Å²) in [6.45, 7) is 7.10. The summed E-state index contributed by atoms with van der Waals surface area (Å²) in [5.41, 5.74) is 2.22. The molecule has 1 aliphatic heterocycles. The second-order valence-electron chi connectivity index (χ2n) is 8.02. The van der Waals surface area contributed by atoms with Crippen LogP contribution in [-0.2, 0) is 5.60 Å². The molecule has 4 rings (SSSR count). The molecule has 1 unspecified atom stereocenters. The van der Waals surface area contributed by atoms with Crippen LogP contribution in [0.4, 0.5) is 5.69 Å². The second kappa shape index (κ2) is 8.81. The molecule has 1 fully saturated rings. The first kappa shape index (κ1) is 19.7. The van der Waals surface area contributed by atoms with Gasteiger partial charge in [0.15, 0.2) is 0 Å². The van der Waals surface area contributed by atoms with Crippen molar-refractivity contribution in [3.05, 3.63) is 102 Å². The van der Waals surface area contributed by atoms with Crippen LogP contribution in [0.1, 0.15) is 18.1 Å². The highest BCUT2D eigenvalue weighted by Crippen LogP contribution is 2.37. The molecule has 1 aliphatic rings. The van der Waals surface area contributed by atoms with Crippen molar-refractivity contribution in [2.75, 3.05) is 37.6 Å². The number of hydrogen-bond acceptors (Lipinski definition) is 3. The van der Waals surface area contributed by atoms with Crippen LogP contribution in [0.5, 0.6) is 0 Å². The Labute approximate surface area is 174 Å². The molecule has 0 bridgehead atoms. The fourth-order valence-corrected chi connectivity index (χ4v) is 4.47. The Morgan fingerprint density at radius 3 is 1.66 bits per heavy atom. The fourth-order valence-electron chi connectivity index (χ4n) is 4.47. The lowest BCUT2D eigenvalue weighted by Gasteiger charge is -2.41. The van der Waals surface area contributed by atoms with Crippen LogP contribution in [0.3, 0.4) is 0 Å². The molecule has 1 N–H and O–H groups in total. The molecule has 1 saturated heterocycles. The summed E-state index contributed by atoms with van der Waals surface area (Å²) in [7, 11) is 0. The molecule has 3 aromatic rings. The predicted molar refractivity (Wildman–Crippen MR) is 120 cm³/mol. The van der Waals surface area contributed by atoms with Crippen molar-refractivity contribution in [2.45, 2.75) is 12.5 Å². The number of hydrogen-bond donors (Lipinski definition) is 1. The Bertz CT molecular complexity index is 835. The highest BCUT2D eigenvalue weighted by atomic mass is 16.3. The second-order valence-corrected chi connectivity index (χ2v) is 8.02. The number of aliphatic hydroxyl groups is 1. The lowest BCUT2D eigenvalue weighted by atomic mass is 9.76. The molecule has 0 saturated carbocycles. The summed E-state index contributed by atoms with van der Waals surface area (Å²) in [5, 5.41) is 11.9. The first-order valence-corrected chi connectivity index (χ1v) is 10.5. The van der Waals surface area contributed by atoms with Crippen molar-refractivity contribution in [3.8, 4) is 0 Å². The zero-order chi connectivity index (χ0) is 20.1. The lowest BCUT2D eigenvalue weighted by molar-refractivity contribution is 0.00667. The smallest absolute Gasteiger partial charge is 0.118 e. The minimum atomic E-state index is -1.00. The van der Waals surface area contributed by atoms with Gasteiger partial charge in [-0.1, -0.05) is 85.8 Å². The molecule has 3 heteroatoms. The third kappa shape index (κ3) is 4.21. The molecule has 1 atom stereocenters. The molecule has 0 aliphatic carbocycles. The predicted octanol–water partition coefficient (Wildman–Crippen LogP) is 4.38. The number of nitrogens with zero attached hydrogens (tertiary/aromatic N) is 2. The van der Waals surface area contributed by atoms with Gasteiger partial charge in [-0.3, -0.25) is 4.90 Å². The molecule has 0 amide bonds. The maximum atomic E-state index is 11.9. The molecule has 3 aromatic carbocycles. The van der Waals surface area contributed by atoms with Gasteiger partial charge in [-0.2, -0.15) is 0 Å². The Morgan fingerprint density at radius 2 is 1.17 bits per heavy atom. The van der Waals surface area contributed by atoms with Crippen molar-refractivity contribution in [1.29, 1.82) is 0 Å². The van der Waals surface area contributed by atoms with E-state index >= 15 is 0 Å². The van der Waals surface area contributed by atoms with Gasteiger partial charge in [0.2, 0.25) is 0 Å². The van der Waals surface area contributed by atoms with Crippen molar-refractivity contribution in [2.24, 2.45) is 5.92 Å². The third-order valence-corrected chi connectivity index (χ3v) is 6.17. The largest absolute Gasteiger partial charge is 0.380 e. The molecule has 0 spiro atoms. The van der Waals surface area contributed by atoms with Crippen LogP contribution >= 0.6 is 0 Å². The van der Waals surface area contributed by atoms with Gasteiger partial charge >= 0.3 is 0 Å². The van der Waals surface area contributed by atoms with E-state index in [-0.39, 0.29) is 5.92 Å². The third-order valence-electron chi connectivity index (χ3n) is 6.17. The van der Waals surface area contributed by atoms with Crippen LogP contribution in [0.15, 0.2) is 91.0 Å². The van der Waals surface area contributed by atoms with Gasteiger partial charge < -0.3 is 10.0 Å². The lowest BCUT2D eigenvalue weighted by Crippen LogP contribution is -2.50. The van der Waals surface area contributed by atoms with Gasteiger partial charge in [-0.25, -0.2) is 0 Å². The summed E-state index contributed by atoms with van der Waals surface area (Å²) in [6.07, 6.45) is 0. The molecule has 1 heterocycles. The van der Waals surface area contributed by atoms with Crippen molar-refractivity contribution < 1.29 is 5.11 Å². The van der Waals surface area contributed by atoms with E-state index in [4.69, 9.17) is 0 Å². The van der Waals surface area contributed by atoms with Crippen LogP contribution in [0, 0.1) is 5.92 Å². The van der Waals surface area contributed by atoms with Crippen molar-refractivity contribution in [1.82, 2.24) is 4.90 Å².